The highest BCUT2D eigenvalue weighted by Gasteiger charge is 2.04. The van der Waals surface area contributed by atoms with Gasteiger partial charge in [-0.1, -0.05) is 11.3 Å². The number of H-pyrrole nitrogens is 1. The van der Waals surface area contributed by atoms with Gasteiger partial charge in [-0.05, 0) is 0 Å². The Labute approximate surface area is 64.9 Å². The Bertz CT molecular complexity index is 197. The molecule has 0 aliphatic rings. The van der Waals surface area contributed by atoms with Crippen molar-refractivity contribution in [2.24, 2.45) is 0 Å². The lowest BCUT2D eigenvalue weighted by atomic mass is 10.3. The second-order valence-electron chi connectivity index (χ2n) is 2.17. The molecule has 0 atom stereocenters. The van der Waals surface area contributed by atoms with E-state index < -0.39 is 0 Å². The predicted molar refractivity (Wildman–Crippen MR) is 41.2 cm³/mol. The molecule has 1 aromatic heterocycles. The summed E-state index contributed by atoms with van der Waals surface area (Å²) in [5.41, 5.74) is 3.27. The average molecular weight is 158 g/mol. The minimum atomic E-state index is 0.815. The summed E-state index contributed by atoms with van der Waals surface area (Å²) < 4.78 is 4.96. The SMILES string of the molecule is COCCc1sc[nH+]c1C. The third-order valence-corrected chi connectivity index (χ3v) is 2.46. The number of ether oxygens (including phenoxy) is 1. The first-order valence-electron chi connectivity index (χ1n) is 3.28. The van der Waals surface area contributed by atoms with E-state index in [2.05, 4.69) is 11.9 Å². The van der Waals surface area contributed by atoms with Crippen molar-refractivity contribution in [3.8, 4) is 0 Å². The zero-order valence-electron chi connectivity index (χ0n) is 6.31. The van der Waals surface area contributed by atoms with Gasteiger partial charge in [-0.2, -0.15) is 0 Å². The summed E-state index contributed by atoms with van der Waals surface area (Å²) in [6.45, 7) is 2.90. The monoisotopic (exact) mass is 158 g/mol. The van der Waals surface area contributed by atoms with Crippen molar-refractivity contribution in [2.45, 2.75) is 13.3 Å². The molecule has 1 N–H and O–H groups in total. The smallest absolute Gasteiger partial charge is 0.223 e. The number of hydrogen-bond donors (Lipinski definition) is 0. The molecule has 0 unspecified atom stereocenters. The molecule has 0 amide bonds. The number of thiazole rings is 1. The quantitative estimate of drug-likeness (QED) is 0.645. The van der Waals surface area contributed by atoms with E-state index in [4.69, 9.17) is 4.74 Å². The topological polar surface area (TPSA) is 23.4 Å². The first-order chi connectivity index (χ1) is 4.84. The summed E-state index contributed by atoms with van der Waals surface area (Å²) in [6.07, 6.45) is 1.02. The minimum Gasteiger partial charge on any atom is -0.384 e. The molecule has 1 heterocycles. The van der Waals surface area contributed by atoms with Gasteiger partial charge in [0.25, 0.3) is 0 Å². The molecule has 2 nitrogen and oxygen atoms in total. The van der Waals surface area contributed by atoms with E-state index in [1.54, 1.807) is 18.4 Å². The van der Waals surface area contributed by atoms with Crippen LogP contribution in [0.25, 0.3) is 0 Å². The van der Waals surface area contributed by atoms with E-state index >= 15 is 0 Å². The molecule has 0 saturated heterocycles. The zero-order chi connectivity index (χ0) is 7.40. The van der Waals surface area contributed by atoms with Gasteiger partial charge in [-0.3, -0.25) is 0 Å². The largest absolute Gasteiger partial charge is 0.384 e. The number of nitrogens with one attached hydrogen (secondary N) is 1. The standard InChI is InChI=1S/C7H11NOS/c1-6-7(3-4-9-2)10-5-8-6/h5H,3-4H2,1-2H3/p+1. The van der Waals surface area contributed by atoms with Gasteiger partial charge in [0.2, 0.25) is 5.51 Å². The number of methoxy groups -OCH3 is 1. The fraction of sp³-hybridized carbons (Fsp3) is 0.571. The molecule has 1 rings (SSSR count). The van der Waals surface area contributed by atoms with Crippen LogP contribution in [0.3, 0.4) is 0 Å². The van der Waals surface area contributed by atoms with E-state index in [1.807, 2.05) is 5.51 Å². The van der Waals surface area contributed by atoms with Crippen molar-refractivity contribution in [1.82, 2.24) is 0 Å². The van der Waals surface area contributed by atoms with Crippen LogP contribution in [0.2, 0.25) is 0 Å². The predicted octanol–water partition coefficient (Wildman–Crippen LogP) is 1.06. The lowest BCUT2D eigenvalue weighted by Crippen LogP contribution is -2.02. The van der Waals surface area contributed by atoms with Crippen LogP contribution < -0.4 is 4.98 Å². The molecule has 10 heavy (non-hydrogen) atoms. The van der Waals surface area contributed by atoms with Crippen molar-refractivity contribution in [3.63, 3.8) is 0 Å². The van der Waals surface area contributed by atoms with Crippen LogP contribution in [0.4, 0.5) is 0 Å². The van der Waals surface area contributed by atoms with Crippen LogP contribution in [0.1, 0.15) is 10.6 Å². The molecular weight excluding hydrogens is 146 g/mol. The molecule has 56 valence electrons. The molecule has 0 aliphatic carbocycles. The maximum Gasteiger partial charge on any atom is 0.223 e. The van der Waals surface area contributed by atoms with Crippen LogP contribution in [0.5, 0.6) is 0 Å². The Hall–Kier alpha value is -0.410. The maximum atomic E-state index is 4.96. The first kappa shape index (κ1) is 7.69. The first-order valence-corrected chi connectivity index (χ1v) is 4.16. The number of rotatable bonds is 3. The molecule has 0 aromatic carbocycles. The van der Waals surface area contributed by atoms with E-state index in [-0.39, 0.29) is 0 Å². The highest BCUT2D eigenvalue weighted by Crippen LogP contribution is 2.08. The lowest BCUT2D eigenvalue weighted by molar-refractivity contribution is -0.380. The number of aromatic amines is 1. The van der Waals surface area contributed by atoms with Gasteiger partial charge in [0, 0.05) is 20.5 Å². The van der Waals surface area contributed by atoms with Gasteiger partial charge in [0.1, 0.15) is 0 Å². The van der Waals surface area contributed by atoms with Gasteiger partial charge in [0.15, 0.2) is 5.69 Å². The summed E-state index contributed by atoms with van der Waals surface area (Å²) in [5.74, 6) is 0. The lowest BCUT2D eigenvalue weighted by Gasteiger charge is -1.92. The Morgan fingerprint density at radius 3 is 3.00 bits per heavy atom. The Balaban J connectivity index is 2.49. The Morgan fingerprint density at radius 2 is 2.50 bits per heavy atom. The summed E-state index contributed by atoms with van der Waals surface area (Å²) >= 11 is 1.75. The second kappa shape index (κ2) is 3.68. The molecule has 1 aromatic rings. The van der Waals surface area contributed by atoms with Gasteiger partial charge in [-0.25, -0.2) is 4.98 Å². The summed E-state index contributed by atoms with van der Waals surface area (Å²) in [5, 5.41) is 0. The van der Waals surface area contributed by atoms with E-state index in [0.29, 0.717) is 0 Å². The Morgan fingerprint density at radius 1 is 1.70 bits per heavy atom. The third-order valence-electron chi connectivity index (χ3n) is 1.43. The van der Waals surface area contributed by atoms with Gasteiger partial charge >= 0.3 is 0 Å². The molecule has 0 fully saturated rings. The normalized spacial score (nSPS) is 10.2. The van der Waals surface area contributed by atoms with Crippen molar-refractivity contribution in [2.75, 3.05) is 13.7 Å². The van der Waals surface area contributed by atoms with Crippen LogP contribution in [-0.2, 0) is 11.2 Å². The molecule has 0 radical (unpaired) electrons. The molecule has 0 bridgehead atoms. The van der Waals surface area contributed by atoms with Crippen molar-refractivity contribution >= 4 is 11.3 Å². The highest BCUT2D eigenvalue weighted by atomic mass is 32.1. The molecule has 3 heteroatoms. The minimum absolute atomic E-state index is 0.815. The fourth-order valence-electron chi connectivity index (χ4n) is 0.799. The maximum absolute atomic E-state index is 4.96. The van der Waals surface area contributed by atoms with Crippen molar-refractivity contribution in [3.05, 3.63) is 16.1 Å². The van der Waals surface area contributed by atoms with Gasteiger partial charge < -0.3 is 4.74 Å². The second-order valence-corrected chi connectivity index (χ2v) is 3.14. The molecular formula is C7H12NOS+. The van der Waals surface area contributed by atoms with Crippen molar-refractivity contribution in [1.29, 1.82) is 0 Å². The van der Waals surface area contributed by atoms with Crippen molar-refractivity contribution < 1.29 is 9.72 Å². The van der Waals surface area contributed by atoms with Crippen LogP contribution in [0, 0.1) is 6.92 Å². The molecule has 0 aliphatic heterocycles. The summed E-state index contributed by atoms with van der Waals surface area (Å²) in [6, 6.07) is 0. The number of aromatic nitrogens is 1. The highest BCUT2D eigenvalue weighted by molar-refractivity contribution is 7.09. The summed E-state index contributed by atoms with van der Waals surface area (Å²) in [7, 11) is 1.73. The molecule has 0 spiro atoms. The number of aryl methyl sites for hydroxylation is 1. The van der Waals surface area contributed by atoms with E-state index in [9.17, 15) is 0 Å². The van der Waals surface area contributed by atoms with Crippen LogP contribution in [0.15, 0.2) is 5.51 Å². The third kappa shape index (κ3) is 1.78. The van der Waals surface area contributed by atoms with E-state index in [1.165, 1.54) is 10.6 Å². The average Bonchev–Trinajstić information content (AvgIpc) is 2.31. The Kier molecular flexibility index (Phi) is 2.83. The zero-order valence-corrected chi connectivity index (χ0v) is 7.12. The fourth-order valence-corrected chi connectivity index (χ4v) is 1.61. The van der Waals surface area contributed by atoms with E-state index in [0.717, 1.165) is 13.0 Å². The van der Waals surface area contributed by atoms with Gasteiger partial charge in [-0.15, -0.1) is 0 Å². The van der Waals surface area contributed by atoms with Gasteiger partial charge in [0.05, 0.1) is 11.5 Å². The molecule has 0 saturated carbocycles. The van der Waals surface area contributed by atoms with Crippen LogP contribution in [-0.4, -0.2) is 13.7 Å². The van der Waals surface area contributed by atoms with Crippen LogP contribution >= 0.6 is 11.3 Å². The number of hydrogen-bond acceptors (Lipinski definition) is 2. The summed E-state index contributed by atoms with van der Waals surface area (Å²) in [4.78, 5) is 4.53.